The maximum Gasteiger partial charge on any atom is 0.237 e. The number of aryl methyl sites for hydroxylation is 1. The van der Waals surface area contributed by atoms with Crippen molar-refractivity contribution in [1.29, 1.82) is 0 Å². The maximum absolute atomic E-state index is 12.9. The van der Waals surface area contributed by atoms with Gasteiger partial charge in [0, 0.05) is 17.3 Å². The number of fused-ring (bicyclic) bond motifs is 3. The quantitative estimate of drug-likeness (QED) is 0.743. The molecule has 1 aliphatic carbocycles. The van der Waals surface area contributed by atoms with Crippen molar-refractivity contribution in [2.45, 2.75) is 58.4 Å². The summed E-state index contributed by atoms with van der Waals surface area (Å²) in [5, 5.41) is 7.64. The van der Waals surface area contributed by atoms with Gasteiger partial charge in [0.15, 0.2) is 5.82 Å². The molecule has 134 valence electrons. The number of carbonyl (C=O) groups is 1. The van der Waals surface area contributed by atoms with E-state index >= 15 is 0 Å². The summed E-state index contributed by atoms with van der Waals surface area (Å²) in [6.45, 7) is 8.10. The number of carbonyl (C=O) groups excluding carboxylic acids is 1. The Morgan fingerprint density at radius 1 is 1.23 bits per heavy atom. The van der Waals surface area contributed by atoms with E-state index in [0.717, 1.165) is 46.6 Å². The lowest BCUT2D eigenvalue weighted by atomic mass is 9.86. The van der Waals surface area contributed by atoms with Gasteiger partial charge in [0.25, 0.3) is 0 Å². The number of nitrogens with one attached hydrogen (secondary N) is 2. The van der Waals surface area contributed by atoms with Crippen molar-refractivity contribution in [2.24, 2.45) is 0 Å². The van der Waals surface area contributed by atoms with Gasteiger partial charge >= 0.3 is 0 Å². The number of imidazole rings is 1. The summed E-state index contributed by atoms with van der Waals surface area (Å²) in [5.74, 6) is 0.962. The van der Waals surface area contributed by atoms with Crippen LogP contribution in [0.2, 0.25) is 0 Å². The van der Waals surface area contributed by atoms with Gasteiger partial charge < -0.3 is 9.88 Å². The first-order valence-electron chi connectivity index (χ1n) is 9.32. The molecule has 6 heteroatoms. The zero-order valence-corrected chi connectivity index (χ0v) is 15.6. The summed E-state index contributed by atoms with van der Waals surface area (Å²) in [5.41, 5.74) is 6.81. The Labute approximate surface area is 152 Å². The molecule has 0 saturated heterocycles. The minimum atomic E-state index is -0.527. The highest BCUT2D eigenvalue weighted by atomic mass is 16.2. The van der Waals surface area contributed by atoms with Crippen LogP contribution in [-0.4, -0.2) is 32.1 Å². The van der Waals surface area contributed by atoms with E-state index in [1.807, 2.05) is 18.7 Å². The molecule has 2 aliphatic rings. The van der Waals surface area contributed by atoms with E-state index in [-0.39, 0.29) is 11.9 Å². The average Bonchev–Trinajstić information content (AvgIpc) is 3.29. The zero-order valence-electron chi connectivity index (χ0n) is 15.6. The van der Waals surface area contributed by atoms with Crippen LogP contribution in [-0.2, 0) is 23.1 Å². The molecule has 0 unspecified atom stereocenters. The van der Waals surface area contributed by atoms with E-state index in [1.165, 1.54) is 17.7 Å². The largest absolute Gasteiger partial charge is 0.337 e. The van der Waals surface area contributed by atoms with Crippen LogP contribution in [0.15, 0.2) is 12.1 Å². The first kappa shape index (κ1) is 15.6. The summed E-state index contributed by atoms with van der Waals surface area (Å²) >= 11 is 0. The Morgan fingerprint density at radius 2 is 2.04 bits per heavy atom. The predicted octanol–water partition coefficient (Wildman–Crippen LogP) is 3.47. The number of aromatic amines is 2. The molecular weight excluding hydrogens is 326 g/mol. The van der Waals surface area contributed by atoms with Crippen LogP contribution in [0.5, 0.6) is 0 Å². The number of amides is 1. The molecule has 5 rings (SSSR count). The third-order valence-electron chi connectivity index (χ3n) is 5.83. The minimum absolute atomic E-state index is 0.123. The summed E-state index contributed by atoms with van der Waals surface area (Å²) in [6, 6.07) is 4.26. The number of aromatic nitrogens is 4. The Kier molecular flexibility index (Phi) is 2.98. The Bertz CT molecular complexity index is 1060. The van der Waals surface area contributed by atoms with Crippen LogP contribution in [0.3, 0.4) is 0 Å². The minimum Gasteiger partial charge on any atom is -0.337 e. The molecular formula is C20H23N5O. The van der Waals surface area contributed by atoms with Crippen molar-refractivity contribution in [3.8, 4) is 11.5 Å². The molecule has 0 spiro atoms. The molecule has 0 atom stereocenters. The molecule has 1 aromatic carbocycles. The Hall–Kier alpha value is -2.63. The number of benzene rings is 1. The van der Waals surface area contributed by atoms with Crippen LogP contribution < -0.4 is 4.90 Å². The standard InChI is InChI=1S/C20H23N5O/c1-10(2)25-16-9-15-14(8-12(16)20(3,4)19(25)26)21-18(22-15)17-11-6-5-7-13(11)23-24-17/h8-10H,5-7H2,1-4H3,(H,21,22)(H,23,24). The molecule has 26 heavy (non-hydrogen) atoms. The fraction of sp³-hybridized carbons (Fsp3) is 0.450. The Balaban J connectivity index is 1.69. The van der Waals surface area contributed by atoms with Crippen LogP contribution >= 0.6 is 0 Å². The molecule has 0 saturated carbocycles. The normalized spacial score (nSPS) is 18.2. The summed E-state index contributed by atoms with van der Waals surface area (Å²) in [6.07, 6.45) is 3.29. The highest BCUT2D eigenvalue weighted by Gasteiger charge is 2.45. The molecule has 0 fully saturated rings. The lowest BCUT2D eigenvalue weighted by molar-refractivity contribution is -0.122. The van der Waals surface area contributed by atoms with E-state index in [0.29, 0.717) is 0 Å². The number of hydrogen-bond acceptors (Lipinski definition) is 3. The highest BCUT2D eigenvalue weighted by Crippen LogP contribution is 2.44. The molecule has 0 bridgehead atoms. The molecule has 1 amide bonds. The van der Waals surface area contributed by atoms with Crippen LogP contribution in [0.4, 0.5) is 5.69 Å². The second-order valence-electron chi connectivity index (χ2n) is 8.25. The average molecular weight is 349 g/mol. The van der Waals surface area contributed by atoms with E-state index < -0.39 is 5.41 Å². The van der Waals surface area contributed by atoms with E-state index in [9.17, 15) is 4.79 Å². The van der Waals surface area contributed by atoms with Crippen molar-refractivity contribution in [2.75, 3.05) is 4.90 Å². The number of H-pyrrole nitrogens is 2. The zero-order chi connectivity index (χ0) is 18.2. The van der Waals surface area contributed by atoms with Gasteiger partial charge in [0.1, 0.15) is 5.69 Å². The van der Waals surface area contributed by atoms with Gasteiger partial charge in [0.2, 0.25) is 5.91 Å². The second-order valence-corrected chi connectivity index (χ2v) is 8.25. The third-order valence-corrected chi connectivity index (χ3v) is 5.83. The topological polar surface area (TPSA) is 77.7 Å². The lowest BCUT2D eigenvalue weighted by Gasteiger charge is -2.24. The monoisotopic (exact) mass is 349 g/mol. The molecule has 3 heterocycles. The molecule has 3 aromatic rings. The van der Waals surface area contributed by atoms with E-state index in [1.54, 1.807) is 0 Å². The smallest absolute Gasteiger partial charge is 0.237 e. The Morgan fingerprint density at radius 3 is 2.81 bits per heavy atom. The highest BCUT2D eigenvalue weighted by molar-refractivity contribution is 6.09. The molecule has 2 N–H and O–H groups in total. The van der Waals surface area contributed by atoms with Crippen molar-refractivity contribution in [1.82, 2.24) is 20.2 Å². The molecule has 1 aliphatic heterocycles. The fourth-order valence-electron chi connectivity index (χ4n) is 4.41. The van der Waals surface area contributed by atoms with Gasteiger partial charge in [-0.25, -0.2) is 4.98 Å². The van der Waals surface area contributed by atoms with Crippen LogP contribution in [0.25, 0.3) is 22.6 Å². The summed E-state index contributed by atoms with van der Waals surface area (Å²) < 4.78 is 0. The SMILES string of the molecule is CC(C)N1C(=O)C(C)(C)c2cc3nc(-c4n[nH]c5c4CCC5)[nH]c3cc21. The van der Waals surface area contributed by atoms with Gasteiger partial charge in [-0.3, -0.25) is 9.89 Å². The number of anilines is 1. The number of nitrogens with zero attached hydrogens (tertiary/aromatic N) is 3. The fourth-order valence-corrected chi connectivity index (χ4v) is 4.41. The summed E-state index contributed by atoms with van der Waals surface area (Å²) in [4.78, 5) is 23.0. The second kappa shape index (κ2) is 4.96. The van der Waals surface area contributed by atoms with Gasteiger partial charge in [0.05, 0.1) is 22.1 Å². The van der Waals surface area contributed by atoms with Gasteiger partial charge in [-0.1, -0.05) is 0 Å². The van der Waals surface area contributed by atoms with Crippen LogP contribution in [0, 0.1) is 0 Å². The van der Waals surface area contributed by atoms with Crippen molar-refractivity contribution < 1.29 is 4.79 Å². The first-order chi connectivity index (χ1) is 12.4. The van der Waals surface area contributed by atoms with Crippen LogP contribution in [0.1, 0.15) is 50.9 Å². The van der Waals surface area contributed by atoms with Crippen molar-refractivity contribution >= 4 is 22.6 Å². The van der Waals surface area contributed by atoms with E-state index in [4.69, 9.17) is 4.98 Å². The third kappa shape index (κ3) is 1.90. The number of hydrogen-bond donors (Lipinski definition) is 2. The lowest BCUT2D eigenvalue weighted by Crippen LogP contribution is -2.40. The predicted molar refractivity (Wildman–Crippen MR) is 101 cm³/mol. The van der Waals surface area contributed by atoms with E-state index in [2.05, 4.69) is 41.2 Å². The van der Waals surface area contributed by atoms with Gasteiger partial charge in [-0.05, 0) is 64.7 Å². The van der Waals surface area contributed by atoms with Gasteiger partial charge in [-0.2, -0.15) is 5.10 Å². The molecule has 6 nitrogen and oxygen atoms in total. The maximum atomic E-state index is 12.9. The van der Waals surface area contributed by atoms with Crippen molar-refractivity contribution in [3.05, 3.63) is 29.0 Å². The molecule has 2 aromatic heterocycles. The van der Waals surface area contributed by atoms with Crippen molar-refractivity contribution in [3.63, 3.8) is 0 Å². The molecule has 0 radical (unpaired) electrons. The van der Waals surface area contributed by atoms with Gasteiger partial charge in [-0.15, -0.1) is 0 Å². The summed E-state index contributed by atoms with van der Waals surface area (Å²) in [7, 11) is 0. The first-order valence-corrected chi connectivity index (χ1v) is 9.32. The number of rotatable bonds is 2.